The van der Waals surface area contributed by atoms with Crippen LogP contribution in [-0.4, -0.2) is 56.0 Å². The number of piperidine rings is 1. The van der Waals surface area contributed by atoms with E-state index in [-0.39, 0.29) is 22.8 Å². The third-order valence-electron chi connectivity index (χ3n) is 4.86. The highest BCUT2D eigenvalue weighted by molar-refractivity contribution is 7.89. The second-order valence-electron chi connectivity index (χ2n) is 7.03. The maximum atomic E-state index is 12.8. The van der Waals surface area contributed by atoms with Crippen LogP contribution in [0.1, 0.15) is 33.1 Å². The Morgan fingerprint density at radius 2 is 1.73 bits per heavy atom. The predicted octanol–water partition coefficient (Wildman–Crippen LogP) is 2.38. The fourth-order valence-electron chi connectivity index (χ4n) is 3.71. The molecule has 2 aliphatic rings. The first-order chi connectivity index (χ1) is 12.3. The smallest absolute Gasteiger partial charge is 0.293 e. The fourth-order valence-corrected chi connectivity index (χ4v) is 5.24. The Morgan fingerprint density at radius 3 is 2.31 bits per heavy atom. The molecule has 2 atom stereocenters. The van der Waals surface area contributed by atoms with Gasteiger partial charge in [-0.3, -0.25) is 10.1 Å². The summed E-state index contributed by atoms with van der Waals surface area (Å²) in [7, 11) is -3.70. The van der Waals surface area contributed by atoms with Gasteiger partial charge in [0.25, 0.3) is 5.69 Å². The number of sulfonamides is 1. The molecule has 0 radical (unpaired) electrons. The lowest BCUT2D eigenvalue weighted by Crippen LogP contribution is -2.45. The summed E-state index contributed by atoms with van der Waals surface area (Å²) >= 11 is 0. The summed E-state index contributed by atoms with van der Waals surface area (Å²) in [4.78, 5) is 13.0. The van der Waals surface area contributed by atoms with Gasteiger partial charge in [0, 0.05) is 32.2 Å². The Hall–Kier alpha value is -1.71. The molecule has 1 aromatic carbocycles. The van der Waals surface area contributed by atoms with Gasteiger partial charge in [-0.15, -0.1) is 0 Å². The average Bonchev–Trinajstić information content (AvgIpc) is 2.61. The first-order valence-corrected chi connectivity index (χ1v) is 10.4. The molecule has 9 heteroatoms. The summed E-state index contributed by atoms with van der Waals surface area (Å²) < 4.78 is 32.8. The van der Waals surface area contributed by atoms with Crippen LogP contribution in [0.2, 0.25) is 0 Å². The molecule has 2 aliphatic heterocycles. The standard InChI is InChI=1S/C17H25N3O5S/c1-13-11-18(12-14(2)25-13)16-7-6-15(10-17(16)20(21)22)26(23,24)19-8-4-3-5-9-19/h6-7,10,13-14H,3-5,8-9,11-12H2,1-2H3/t13-,14+. The third kappa shape index (κ3) is 3.84. The van der Waals surface area contributed by atoms with E-state index in [9.17, 15) is 18.5 Å². The van der Waals surface area contributed by atoms with Crippen LogP contribution >= 0.6 is 0 Å². The van der Waals surface area contributed by atoms with Crippen molar-refractivity contribution < 1.29 is 18.1 Å². The summed E-state index contributed by atoms with van der Waals surface area (Å²) in [6.45, 7) is 5.84. The summed E-state index contributed by atoms with van der Waals surface area (Å²) in [6.07, 6.45) is 2.56. The maximum absolute atomic E-state index is 12.8. The van der Waals surface area contributed by atoms with Crippen molar-refractivity contribution in [2.75, 3.05) is 31.1 Å². The van der Waals surface area contributed by atoms with Crippen LogP contribution in [0.15, 0.2) is 23.1 Å². The van der Waals surface area contributed by atoms with E-state index in [1.165, 1.54) is 16.4 Å². The van der Waals surface area contributed by atoms with E-state index < -0.39 is 14.9 Å². The van der Waals surface area contributed by atoms with Crippen LogP contribution in [0.4, 0.5) is 11.4 Å². The number of nitro groups is 1. The van der Waals surface area contributed by atoms with Gasteiger partial charge in [0.2, 0.25) is 10.0 Å². The number of rotatable bonds is 4. The van der Waals surface area contributed by atoms with E-state index in [1.807, 2.05) is 18.7 Å². The Morgan fingerprint density at radius 1 is 1.12 bits per heavy atom. The molecule has 0 unspecified atom stereocenters. The van der Waals surface area contributed by atoms with Crippen molar-refractivity contribution in [1.29, 1.82) is 0 Å². The molecule has 1 aromatic rings. The van der Waals surface area contributed by atoms with Crippen molar-refractivity contribution in [3.05, 3.63) is 28.3 Å². The first-order valence-electron chi connectivity index (χ1n) is 8.98. The summed E-state index contributed by atoms with van der Waals surface area (Å²) in [6, 6.07) is 4.24. The highest BCUT2D eigenvalue weighted by Gasteiger charge is 2.31. The number of morpholine rings is 1. The van der Waals surface area contributed by atoms with E-state index in [0.717, 1.165) is 19.3 Å². The molecule has 2 saturated heterocycles. The van der Waals surface area contributed by atoms with Gasteiger partial charge in [-0.05, 0) is 38.8 Å². The number of hydrogen-bond acceptors (Lipinski definition) is 6. The molecule has 144 valence electrons. The van der Waals surface area contributed by atoms with Gasteiger partial charge in [-0.25, -0.2) is 8.42 Å². The van der Waals surface area contributed by atoms with Gasteiger partial charge in [0.1, 0.15) is 5.69 Å². The average molecular weight is 383 g/mol. The third-order valence-corrected chi connectivity index (χ3v) is 6.75. The highest BCUT2D eigenvalue weighted by atomic mass is 32.2. The molecule has 2 heterocycles. The van der Waals surface area contributed by atoms with E-state index in [0.29, 0.717) is 31.9 Å². The van der Waals surface area contributed by atoms with Crippen LogP contribution in [0.25, 0.3) is 0 Å². The lowest BCUT2D eigenvalue weighted by Gasteiger charge is -2.36. The SMILES string of the molecule is C[C@@H]1CN(c2ccc(S(=O)(=O)N3CCCCC3)cc2[N+](=O)[O-])C[C@H](C)O1. The van der Waals surface area contributed by atoms with Crippen molar-refractivity contribution in [2.45, 2.75) is 50.2 Å². The van der Waals surface area contributed by atoms with Gasteiger partial charge in [-0.2, -0.15) is 4.31 Å². The number of ether oxygens (including phenoxy) is 1. The lowest BCUT2D eigenvalue weighted by atomic mass is 10.1. The number of nitro benzene ring substituents is 1. The van der Waals surface area contributed by atoms with Crippen molar-refractivity contribution in [3.8, 4) is 0 Å². The predicted molar refractivity (Wildman–Crippen MR) is 97.9 cm³/mol. The molecule has 26 heavy (non-hydrogen) atoms. The van der Waals surface area contributed by atoms with Gasteiger partial charge >= 0.3 is 0 Å². The van der Waals surface area contributed by atoms with E-state index in [1.54, 1.807) is 6.07 Å². The molecule has 2 fully saturated rings. The molecule has 8 nitrogen and oxygen atoms in total. The number of nitrogens with zero attached hydrogens (tertiary/aromatic N) is 3. The molecular weight excluding hydrogens is 358 g/mol. The van der Waals surface area contributed by atoms with Crippen molar-refractivity contribution >= 4 is 21.4 Å². The highest BCUT2D eigenvalue weighted by Crippen LogP contribution is 2.34. The summed E-state index contributed by atoms with van der Waals surface area (Å²) in [5, 5.41) is 11.6. The Kier molecular flexibility index (Phi) is 5.50. The molecule has 0 amide bonds. The quantitative estimate of drug-likeness (QED) is 0.585. The Bertz CT molecular complexity index is 767. The fraction of sp³-hybridized carbons (Fsp3) is 0.647. The zero-order valence-corrected chi connectivity index (χ0v) is 15.9. The molecule has 3 rings (SSSR count). The summed E-state index contributed by atoms with van der Waals surface area (Å²) in [5.41, 5.74) is 0.263. The molecule has 0 bridgehead atoms. The molecule has 0 saturated carbocycles. The Labute approximate surface area is 153 Å². The number of hydrogen-bond donors (Lipinski definition) is 0. The van der Waals surface area contributed by atoms with Crippen molar-refractivity contribution in [2.24, 2.45) is 0 Å². The zero-order valence-electron chi connectivity index (χ0n) is 15.1. The largest absolute Gasteiger partial charge is 0.372 e. The second-order valence-corrected chi connectivity index (χ2v) is 8.97. The van der Waals surface area contributed by atoms with Crippen LogP contribution < -0.4 is 4.90 Å². The van der Waals surface area contributed by atoms with Crippen LogP contribution in [-0.2, 0) is 14.8 Å². The van der Waals surface area contributed by atoms with E-state index in [2.05, 4.69) is 0 Å². The van der Waals surface area contributed by atoms with Crippen LogP contribution in [0, 0.1) is 10.1 Å². The van der Waals surface area contributed by atoms with Gasteiger partial charge in [0.05, 0.1) is 22.0 Å². The van der Waals surface area contributed by atoms with Gasteiger partial charge < -0.3 is 9.64 Å². The minimum absolute atomic E-state index is 0.00999. The van der Waals surface area contributed by atoms with Crippen molar-refractivity contribution in [1.82, 2.24) is 4.31 Å². The second kappa shape index (κ2) is 7.50. The van der Waals surface area contributed by atoms with Gasteiger partial charge in [0.15, 0.2) is 0 Å². The van der Waals surface area contributed by atoms with Crippen molar-refractivity contribution in [3.63, 3.8) is 0 Å². The maximum Gasteiger partial charge on any atom is 0.293 e. The van der Waals surface area contributed by atoms with E-state index in [4.69, 9.17) is 4.74 Å². The minimum atomic E-state index is -3.70. The monoisotopic (exact) mass is 383 g/mol. The normalized spacial score (nSPS) is 25.2. The molecule has 0 N–H and O–H groups in total. The topological polar surface area (TPSA) is 93.0 Å². The molecule has 0 aliphatic carbocycles. The molecule has 0 spiro atoms. The van der Waals surface area contributed by atoms with Crippen LogP contribution in [0.5, 0.6) is 0 Å². The number of anilines is 1. The molecular formula is C17H25N3O5S. The Balaban J connectivity index is 1.95. The van der Waals surface area contributed by atoms with Gasteiger partial charge in [-0.1, -0.05) is 6.42 Å². The minimum Gasteiger partial charge on any atom is -0.372 e. The first kappa shape index (κ1) is 19.1. The van der Waals surface area contributed by atoms with E-state index >= 15 is 0 Å². The lowest BCUT2D eigenvalue weighted by molar-refractivity contribution is -0.384. The molecule has 0 aromatic heterocycles. The number of benzene rings is 1. The zero-order chi connectivity index (χ0) is 18.9. The summed E-state index contributed by atoms with van der Waals surface area (Å²) in [5.74, 6) is 0. The van der Waals surface area contributed by atoms with Crippen LogP contribution in [0.3, 0.4) is 0 Å².